The molecular weight excluding hydrogens is 421 g/mol. The monoisotopic (exact) mass is 445 g/mol. The third kappa shape index (κ3) is 4.56. The number of benzene rings is 1. The van der Waals surface area contributed by atoms with E-state index in [1.54, 1.807) is 12.3 Å². The largest absolute Gasteiger partial charge is 0.369 e. The molecule has 10 heteroatoms. The van der Waals surface area contributed by atoms with Crippen LogP contribution in [0.25, 0.3) is 11.2 Å². The van der Waals surface area contributed by atoms with E-state index in [-0.39, 0.29) is 28.9 Å². The first-order valence-electron chi connectivity index (χ1n) is 10.3. The molecule has 0 aliphatic heterocycles. The second-order valence-electron chi connectivity index (χ2n) is 8.16. The summed E-state index contributed by atoms with van der Waals surface area (Å²) < 4.78 is 15.5. The molecule has 1 saturated carbocycles. The van der Waals surface area contributed by atoms with Crippen molar-refractivity contribution in [2.24, 2.45) is 11.7 Å². The zero-order valence-electron chi connectivity index (χ0n) is 17.4. The van der Waals surface area contributed by atoms with Gasteiger partial charge in [-0.2, -0.15) is 4.98 Å². The first kappa shape index (κ1) is 21.3. The van der Waals surface area contributed by atoms with Crippen molar-refractivity contribution in [3.8, 4) is 0 Å². The SMILES string of the molecule is CC(C)Nc1ncc2nc(Nc3ccc(F)cc3Cl)n(C3CCC(C(N)=O)CC3)c2n1. The Morgan fingerprint density at radius 2 is 2.00 bits per heavy atom. The van der Waals surface area contributed by atoms with Gasteiger partial charge in [-0.15, -0.1) is 0 Å². The molecule has 1 amide bonds. The Bertz CT molecular complexity index is 1110. The van der Waals surface area contributed by atoms with Crippen molar-refractivity contribution in [2.75, 3.05) is 10.6 Å². The first-order valence-corrected chi connectivity index (χ1v) is 10.7. The van der Waals surface area contributed by atoms with Crippen LogP contribution in [0.1, 0.15) is 45.6 Å². The number of imidazole rings is 1. The van der Waals surface area contributed by atoms with Crippen LogP contribution in [0.2, 0.25) is 5.02 Å². The minimum absolute atomic E-state index is 0.0733. The summed E-state index contributed by atoms with van der Waals surface area (Å²) >= 11 is 6.22. The average Bonchev–Trinajstić information content (AvgIpc) is 3.07. The molecule has 31 heavy (non-hydrogen) atoms. The zero-order chi connectivity index (χ0) is 22.1. The Hall–Kier alpha value is -2.94. The van der Waals surface area contributed by atoms with E-state index in [2.05, 4.69) is 20.6 Å². The van der Waals surface area contributed by atoms with Crippen molar-refractivity contribution in [1.82, 2.24) is 19.5 Å². The van der Waals surface area contributed by atoms with Crippen molar-refractivity contribution < 1.29 is 9.18 Å². The van der Waals surface area contributed by atoms with E-state index < -0.39 is 5.82 Å². The Morgan fingerprint density at radius 3 is 2.65 bits per heavy atom. The molecule has 1 aromatic carbocycles. The molecule has 164 valence electrons. The Balaban J connectivity index is 1.75. The van der Waals surface area contributed by atoms with Gasteiger partial charge in [0.1, 0.15) is 11.3 Å². The standard InChI is InChI=1S/C21H25ClFN7O/c1-11(2)26-20-25-10-17-19(29-20)30(14-6-3-12(4-7-14)18(24)31)21(28-17)27-16-8-5-13(23)9-15(16)22/h5,8-12,14H,3-4,6-7H2,1-2H3,(H2,24,31)(H,27,28)(H,25,26,29). The normalized spacial score (nSPS) is 19.0. The molecule has 0 atom stereocenters. The van der Waals surface area contributed by atoms with Crippen LogP contribution >= 0.6 is 11.6 Å². The van der Waals surface area contributed by atoms with Crippen LogP contribution in [-0.2, 0) is 4.79 Å². The number of primary amides is 1. The third-order valence-corrected chi connectivity index (χ3v) is 5.81. The van der Waals surface area contributed by atoms with Crippen molar-refractivity contribution in [2.45, 2.75) is 51.6 Å². The minimum Gasteiger partial charge on any atom is -0.369 e. The van der Waals surface area contributed by atoms with Gasteiger partial charge in [-0.3, -0.25) is 9.36 Å². The van der Waals surface area contributed by atoms with Crippen LogP contribution in [0.15, 0.2) is 24.4 Å². The van der Waals surface area contributed by atoms with Crippen molar-refractivity contribution in [3.63, 3.8) is 0 Å². The predicted molar refractivity (Wildman–Crippen MR) is 119 cm³/mol. The lowest BCUT2D eigenvalue weighted by atomic mass is 9.85. The second kappa shape index (κ2) is 8.66. The summed E-state index contributed by atoms with van der Waals surface area (Å²) in [4.78, 5) is 25.3. The van der Waals surface area contributed by atoms with E-state index >= 15 is 0 Å². The van der Waals surface area contributed by atoms with Crippen LogP contribution in [0.4, 0.5) is 22.0 Å². The molecule has 0 saturated heterocycles. The highest BCUT2D eigenvalue weighted by Crippen LogP contribution is 2.37. The maximum absolute atomic E-state index is 13.5. The van der Waals surface area contributed by atoms with Crippen LogP contribution in [0, 0.1) is 11.7 Å². The summed E-state index contributed by atoms with van der Waals surface area (Å²) in [5.74, 6) is 0.282. The van der Waals surface area contributed by atoms with Gasteiger partial charge in [-0.05, 0) is 57.7 Å². The fourth-order valence-electron chi connectivity index (χ4n) is 3.98. The number of halogens is 2. The summed E-state index contributed by atoms with van der Waals surface area (Å²) in [6.45, 7) is 4.03. The van der Waals surface area contributed by atoms with E-state index in [4.69, 9.17) is 22.3 Å². The van der Waals surface area contributed by atoms with E-state index in [0.29, 0.717) is 41.6 Å². The van der Waals surface area contributed by atoms with Gasteiger partial charge in [-0.25, -0.2) is 14.4 Å². The molecule has 0 radical (unpaired) electrons. The molecule has 0 spiro atoms. The van der Waals surface area contributed by atoms with Gasteiger partial charge < -0.3 is 16.4 Å². The molecule has 1 aliphatic rings. The molecule has 4 N–H and O–H groups in total. The van der Waals surface area contributed by atoms with Crippen LogP contribution in [0.5, 0.6) is 0 Å². The lowest BCUT2D eigenvalue weighted by molar-refractivity contribution is -0.122. The van der Waals surface area contributed by atoms with E-state index in [9.17, 15) is 9.18 Å². The van der Waals surface area contributed by atoms with Crippen LogP contribution < -0.4 is 16.4 Å². The maximum atomic E-state index is 13.5. The van der Waals surface area contributed by atoms with Crippen molar-refractivity contribution in [3.05, 3.63) is 35.2 Å². The number of hydrogen-bond donors (Lipinski definition) is 3. The topological polar surface area (TPSA) is 111 Å². The molecule has 0 bridgehead atoms. The van der Waals surface area contributed by atoms with Gasteiger partial charge >= 0.3 is 0 Å². The predicted octanol–water partition coefficient (Wildman–Crippen LogP) is 4.40. The Morgan fingerprint density at radius 1 is 1.26 bits per heavy atom. The summed E-state index contributed by atoms with van der Waals surface area (Å²) in [7, 11) is 0. The average molecular weight is 446 g/mol. The number of nitrogens with zero attached hydrogens (tertiary/aromatic N) is 4. The number of hydrogen-bond acceptors (Lipinski definition) is 6. The molecule has 8 nitrogen and oxygen atoms in total. The quantitative estimate of drug-likeness (QED) is 0.518. The van der Waals surface area contributed by atoms with Crippen molar-refractivity contribution >= 4 is 46.3 Å². The molecule has 2 aromatic heterocycles. The van der Waals surface area contributed by atoms with Crippen molar-refractivity contribution in [1.29, 1.82) is 0 Å². The van der Waals surface area contributed by atoms with Gasteiger partial charge in [0.2, 0.25) is 17.8 Å². The fraction of sp³-hybridized carbons (Fsp3) is 0.429. The zero-order valence-corrected chi connectivity index (χ0v) is 18.2. The molecule has 0 unspecified atom stereocenters. The number of carbonyl (C=O) groups excluding carboxylic acids is 1. The van der Waals surface area contributed by atoms with Gasteiger partial charge in [0.05, 0.1) is 16.9 Å². The number of aromatic nitrogens is 4. The maximum Gasteiger partial charge on any atom is 0.224 e. The molecule has 3 aromatic rings. The van der Waals surface area contributed by atoms with Gasteiger partial charge in [-0.1, -0.05) is 11.6 Å². The number of anilines is 3. The lowest BCUT2D eigenvalue weighted by Gasteiger charge is -2.29. The summed E-state index contributed by atoms with van der Waals surface area (Å²) in [6, 6.07) is 4.41. The number of rotatable bonds is 6. The summed E-state index contributed by atoms with van der Waals surface area (Å²) in [5.41, 5.74) is 7.36. The van der Waals surface area contributed by atoms with Crippen LogP contribution in [0.3, 0.4) is 0 Å². The summed E-state index contributed by atoms with van der Waals surface area (Å²) in [6.07, 6.45) is 4.62. The highest BCUT2D eigenvalue weighted by Gasteiger charge is 2.29. The number of carbonyl (C=O) groups is 1. The molecule has 2 heterocycles. The second-order valence-corrected chi connectivity index (χ2v) is 8.57. The number of nitrogens with two attached hydrogens (primary N) is 1. The van der Waals surface area contributed by atoms with Gasteiger partial charge in [0, 0.05) is 18.0 Å². The van der Waals surface area contributed by atoms with Gasteiger partial charge in [0.15, 0.2) is 5.65 Å². The molecular formula is C21H25ClFN7O. The van der Waals surface area contributed by atoms with E-state index in [0.717, 1.165) is 12.8 Å². The van der Waals surface area contributed by atoms with E-state index in [1.807, 2.05) is 18.4 Å². The highest BCUT2D eigenvalue weighted by molar-refractivity contribution is 6.33. The lowest BCUT2D eigenvalue weighted by Crippen LogP contribution is -2.28. The van der Waals surface area contributed by atoms with Gasteiger partial charge in [0.25, 0.3) is 0 Å². The number of amides is 1. The number of fused-ring (bicyclic) bond motifs is 1. The smallest absolute Gasteiger partial charge is 0.224 e. The molecule has 1 fully saturated rings. The fourth-order valence-corrected chi connectivity index (χ4v) is 4.20. The molecule has 1 aliphatic carbocycles. The Labute approximate surface area is 184 Å². The van der Waals surface area contributed by atoms with E-state index in [1.165, 1.54) is 12.1 Å². The summed E-state index contributed by atoms with van der Waals surface area (Å²) in [5, 5.41) is 6.69. The Kier molecular flexibility index (Phi) is 5.95. The first-order chi connectivity index (χ1) is 14.8. The number of nitrogens with one attached hydrogen (secondary N) is 2. The van der Waals surface area contributed by atoms with Crippen LogP contribution in [-0.4, -0.2) is 31.5 Å². The highest BCUT2D eigenvalue weighted by atomic mass is 35.5. The molecule has 4 rings (SSSR count). The minimum atomic E-state index is -0.413. The third-order valence-electron chi connectivity index (χ3n) is 5.49.